The molecular formula is C17H16N2OS. The minimum absolute atomic E-state index is 0.0381. The fourth-order valence-electron chi connectivity index (χ4n) is 3.18. The van der Waals surface area contributed by atoms with Gasteiger partial charge in [-0.1, -0.05) is 24.3 Å². The summed E-state index contributed by atoms with van der Waals surface area (Å²) in [6.07, 6.45) is 3.69. The second-order valence-electron chi connectivity index (χ2n) is 5.40. The number of thiophene rings is 1. The predicted octanol–water partition coefficient (Wildman–Crippen LogP) is 3.94. The molecule has 106 valence electrons. The van der Waals surface area contributed by atoms with Gasteiger partial charge in [0.05, 0.1) is 6.04 Å². The van der Waals surface area contributed by atoms with Gasteiger partial charge in [0.25, 0.3) is 0 Å². The number of rotatable bonds is 3. The van der Waals surface area contributed by atoms with Gasteiger partial charge >= 0.3 is 0 Å². The SMILES string of the molecule is O=C1CCCN1C(c1cccs1)c1c[nH]c2ccccc12. The van der Waals surface area contributed by atoms with E-state index in [1.807, 2.05) is 11.0 Å². The first-order valence-corrected chi connectivity index (χ1v) is 8.11. The van der Waals surface area contributed by atoms with Gasteiger partial charge in [0.1, 0.15) is 0 Å². The van der Waals surface area contributed by atoms with Crippen LogP contribution in [0.2, 0.25) is 0 Å². The molecule has 0 bridgehead atoms. The second kappa shape index (κ2) is 5.04. The number of nitrogens with one attached hydrogen (secondary N) is 1. The molecule has 3 aromatic rings. The summed E-state index contributed by atoms with van der Waals surface area (Å²) < 4.78 is 0. The first-order chi connectivity index (χ1) is 10.3. The van der Waals surface area contributed by atoms with Gasteiger partial charge in [0.2, 0.25) is 5.91 Å². The zero-order chi connectivity index (χ0) is 14.2. The molecule has 3 nitrogen and oxygen atoms in total. The smallest absolute Gasteiger partial charge is 0.223 e. The zero-order valence-corrected chi connectivity index (χ0v) is 12.4. The fourth-order valence-corrected chi connectivity index (χ4v) is 4.04. The third kappa shape index (κ3) is 2.07. The van der Waals surface area contributed by atoms with Crippen LogP contribution in [-0.4, -0.2) is 22.3 Å². The number of aromatic nitrogens is 1. The topological polar surface area (TPSA) is 36.1 Å². The molecule has 1 N–H and O–H groups in total. The molecule has 1 aliphatic heterocycles. The Bertz CT molecular complexity index is 775. The number of hydrogen-bond donors (Lipinski definition) is 1. The van der Waals surface area contributed by atoms with Gasteiger partial charge in [0.15, 0.2) is 0 Å². The average Bonchev–Trinajstić information content (AvgIpc) is 3.23. The van der Waals surface area contributed by atoms with E-state index in [2.05, 4.69) is 46.9 Å². The van der Waals surface area contributed by atoms with Crippen molar-refractivity contribution in [1.82, 2.24) is 9.88 Å². The summed E-state index contributed by atoms with van der Waals surface area (Å²) in [6, 6.07) is 12.5. The molecule has 0 aliphatic carbocycles. The van der Waals surface area contributed by atoms with Crippen LogP contribution in [0.1, 0.15) is 29.3 Å². The summed E-state index contributed by atoms with van der Waals surface area (Å²) in [5, 5.41) is 3.29. The summed E-state index contributed by atoms with van der Waals surface area (Å²) in [7, 11) is 0. The fraction of sp³-hybridized carbons (Fsp3) is 0.235. The molecule has 1 amide bonds. The van der Waals surface area contributed by atoms with Gasteiger partial charge in [-0.2, -0.15) is 0 Å². The largest absolute Gasteiger partial charge is 0.361 e. The van der Waals surface area contributed by atoms with E-state index in [0.29, 0.717) is 6.42 Å². The normalized spacial score (nSPS) is 16.8. The van der Waals surface area contributed by atoms with Crippen molar-refractivity contribution in [1.29, 1.82) is 0 Å². The second-order valence-corrected chi connectivity index (χ2v) is 6.38. The maximum absolute atomic E-state index is 12.3. The van der Waals surface area contributed by atoms with Crippen molar-refractivity contribution < 1.29 is 4.79 Å². The van der Waals surface area contributed by atoms with Crippen LogP contribution >= 0.6 is 11.3 Å². The molecule has 0 spiro atoms. The molecule has 21 heavy (non-hydrogen) atoms. The van der Waals surface area contributed by atoms with Crippen LogP contribution in [0, 0.1) is 0 Å². The molecule has 1 unspecified atom stereocenters. The standard InChI is InChI=1S/C17H16N2OS/c20-16-8-3-9-19(16)17(15-7-4-10-21-15)13-11-18-14-6-2-1-5-12(13)14/h1-2,4-7,10-11,17-18H,3,8-9H2. The van der Waals surface area contributed by atoms with Crippen LogP contribution in [0.5, 0.6) is 0 Å². The van der Waals surface area contributed by atoms with Crippen molar-refractivity contribution in [2.24, 2.45) is 0 Å². The van der Waals surface area contributed by atoms with Gasteiger partial charge in [-0.05, 0) is 23.9 Å². The highest BCUT2D eigenvalue weighted by atomic mass is 32.1. The first kappa shape index (κ1) is 12.7. The molecule has 1 aromatic carbocycles. The molecule has 2 aromatic heterocycles. The van der Waals surface area contributed by atoms with Crippen molar-refractivity contribution in [3.63, 3.8) is 0 Å². The quantitative estimate of drug-likeness (QED) is 0.780. The van der Waals surface area contributed by atoms with Gasteiger partial charge in [0, 0.05) is 40.5 Å². The molecule has 0 saturated carbocycles. The van der Waals surface area contributed by atoms with E-state index < -0.39 is 0 Å². The van der Waals surface area contributed by atoms with E-state index in [9.17, 15) is 4.79 Å². The van der Waals surface area contributed by atoms with Crippen LogP contribution in [0.4, 0.5) is 0 Å². The van der Waals surface area contributed by atoms with Crippen LogP contribution < -0.4 is 0 Å². The Balaban J connectivity index is 1.88. The molecular weight excluding hydrogens is 280 g/mol. The molecule has 4 heteroatoms. The maximum Gasteiger partial charge on any atom is 0.223 e. The van der Waals surface area contributed by atoms with Crippen LogP contribution in [0.15, 0.2) is 48.0 Å². The Hall–Kier alpha value is -2.07. The molecule has 1 atom stereocenters. The maximum atomic E-state index is 12.3. The lowest BCUT2D eigenvalue weighted by atomic mass is 10.0. The van der Waals surface area contributed by atoms with E-state index in [4.69, 9.17) is 0 Å². The van der Waals surface area contributed by atoms with E-state index in [0.717, 1.165) is 18.5 Å². The van der Waals surface area contributed by atoms with Crippen molar-refractivity contribution in [3.8, 4) is 0 Å². The number of hydrogen-bond acceptors (Lipinski definition) is 2. The number of benzene rings is 1. The van der Waals surface area contributed by atoms with Crippen LogP contribution in [-0.2, 0) is 4.79 Å². The molecule has 0 radical (unpaired) electrons. The molecule has 4 rings (SSSR count). The summed E-state index contributed by atoms with van der Waals surface area (Å²) >= 11 is 1.72. The highest BCUT2D eigenvalue weighted by molar-refractivity contribution is 7.10. The lowest BCUT2D eigenvalue weighted by Crippen LogP contribution is -2.30. The number of para-hydroxylation sites is 1. The van der Waals surface area contributed by atoms with Crippen LogP contribution in [0.3, 0.4) is 0 Å². The Morgan fingerprint density at radius 2 is 2.10 bits per heavy atom. The minimum Gasteiger partial charge on any atom is -0.361 e. The van der Waals surface area contributed by atoms with E-state index >= 15 is 0 Å². The average molecular weight is 296 g/mol. The van der Waals surface area contributed by atoms with Gasteiger partial charge in [-0.25, -0.2) is 0 Å². The lowest BCUT2D eigenvalue weighted by Gasteiger charge is -2.27. The summed E-state index contributed by atoms with van der Waals surface area (Å²) in [6.45, 7) is 0.848. The summed E-state index contributed by atoms with van der Waals surface area (Å²) in [5.74, 6) is 0.263. The minimum atomic E-state index is 0.0381. The van der Waals surface area contributed by atoms with E-state index in [1.54, 1.807) is 11.3 Å². The molecule has 1 fully saturated rings. The number of carbonyl (C=O) groups excluding carboxylic acids is 1. The van der Waals surface area contributed by atoms with Crippen molar-refractivity contribution >= 4 is 28.1 Å². The van der Waals surface area contributed by atoms with E-state index in [1.165, 1.54) is 15.8 Å². The number of likely N-dealkylation sites (tertiary alicyclic amines) is 1. The van der Waals surface area contributed by atoms with Gasteiger partial charge in [-0.3, -0.25) is 4.79 Å². The summed E-state index contributed by atoms with van der Waals surface area (Å²) in [5.41, 5.74) is 2.32. The van der Waals surface area contributed by atoms with Gasteiger partial charge < -0.3 is 9.88 Å². The van der Waals surface area contributed by atoms with Gasteiger partial charge in [-0.15, -0.1) is 11.3 Å². The third-order valence-electron chi connectivity index (χ3n) is 4.15. The molecule has 1 saturated heterocycles. The zero-order valence-electron chi connectivity index (χ0n) is 11.6. The number of H-pyrrole nitrogens is 1. The first-order valence-electron chi connectivity index (χ1n) is 7.23. The Kier molecular flexibility index (Phi) is 3.04. The highest BCUT2D eigenvalue weighted by Gasteiger charge is 2.32. The Labute approximate surface area is 127 Å². The van der Waals surface area contributed by atoms with Crippen molar-refractivity contribution in [2.45, 2.75) is 18.9 Å². The molecule has 1 aliphatic rings. The number of amides is 1. The van der Waals surface area contributed by atoms with Crippen LogP contribution in [0.25, 0.3) is 10.9 Å². The molecule has 3 heterocycles. The number of fused-ring (bicyclic) bond motifs is 1. The highest BCUT2D eigenvalue weighted by Crippen LogP contribution is 2.37. The Morgan fingerprint density at radius 3 is 2.86 bits per heavy atom. The lowest BCUT2D eigenvalue weighted by molar-refractivity contribution is -0.129. The number of carbonyl (C=O) groups is 1. The monoisotopic (exact) mass is 296 g/mol. The number of nitrogens with zero attached hydrogens (tertiary/aromatic N) is 1. The third-order valence-corrected chi connectivity index (χ3v) is 5.07. The van der Waals surface area contributed by atoms with Crippen molar-refractivity contribution in [3.05, 3.63) is 58.4 Å². The predicted molar refractivity (Wildman–Crippen MR) is 85.4 cm³/mol. The Morgan fingerprint density at radius 1 is 1.19 bits per heavy atom. The van der Waals surface area contributed by atoms with Crippen molar-refractivity contribution in [2.75, 3.05) is 6.54 Å². The van der Waals surface area contributed by atoms with E-state index in [-0.39, 0.29) is 11.9 Å². The number of aromatic amines is 1. The summed E-state index contributed by atoms with van der Waals surface area (Å²) in [4.78, 5) is 18.9.